The van der Waals surface area contributed by atoms with Crippen molar-refractivity contribution in [2.75, 3.05) is 46.3 Å². The number of carboxylic acids is 1. The Labute approximate surface area is 114 Å². The maximum Gasteiger partial charge on any atom is 0.320 e. The van der Waals surface area contributed by atoms with E-state index in [0.717, 1.165) is 32.6 Å². The number of hydrogen-bond acceptors (Lipinski definition) is 3. The number of rotatable bonds is 1. The fourth-order valence-corrected chi connectivity index (χ4v) is 2.88. The van der Waals surface area contributed by atoms with Crippen LogP contribution < -0.4 is 0 Å². The summed E-state index contributed by atoms with van der Waals surface area (Å²) in [6.45, 7) is 6.21. The molecule has 6 nitrogen and oxygen atoms in total. The Morgan fingerprint density at radius 1 is 1.05 bits per heavy atom. The van der Waals surface area contributed by atoms with Crippen molar-refractivity contribution in [3.8, 4) is 0 Å². The lowest BCUT2D eigenvalue weighted by Crippen LogP contribution is -2.44. The van der Waals surface area contributed by atoms with Crippen molar-refractivity contribution in [3.05, 3.63) is 0 Å². The first kappa shape index (κ1) is 14.1. The third-order valence-corrected chi connectivity index (χ3v) is 4.19. The van der Waals surface area contributed by atoms with Crippen molar-refractivity contribution in [1.29, 1.82) is 0 Å². The van der Waals surface area contributed by atoms with E-state index >= 15 is 0 Å². The van der Waals surface area contributed by atoms with Crippen molar-refractivity contribution in [1.82, 2.24) is 14.7 Å². The van der Waals surface area contributed by atoms with Crippen molar-refractivity contribution in [2.24, 2.45) is 11.8 Å². The fourth-order valence-electron chi connectivity index (χ4n) is 2.88. The molecule has 19 heavy (non-hydrogen) atoms. The molecule has 2 saturated heterocycles. The van der Waals surface area contributed by atoms with E-state index in [1.54, 1.807) is 4.90 Å². The van der Waals surface area contributed by atoms with Gasteiger partial charge in [0, 0.05) is 32.7 Å². The summed E-state index contributed by atoms with van der Waals surface area (Å²) >= 11 is 0. The standard InChI is InChI=1S/C13H23N3O3/c1-10-8-16(9-11(10)12(17)18)13(19)15-5-3-4-14(2)6-7-15/h10-11H,3-9H2,1-2H3,(H,17,18)/t10-,11-/m1/s1. The normalized spacial score (nSPS) is 29.4. The second-order valence-electron chi connectivity index (χ2n) is 5.75. The maximum atomic E-state index is 12.4. The molecule has 0 saturated carbocycles. The average Bonchev–Trinajstić information content (AvgIpc) is 2.61. The van der Waals surface area contributed by atoms with Crippen molar-refractivity contribution in [3.63, 3.8) is 0 Å². The van der Waals surface area contributed by atoms with Crippen molar-refractivity contribution >= 4 is 12.0 Å². The summed E-state index contributed by atoms with van der Waals surface area (Å²) in [5, 5.41) is 9.12. The van der Waals surface area contributed by atoms with Crippen LogP contribution in [0.2, 0.25) is 0 Å². The molecule has 0 aromatic carbocycles. The zero-order valence-electron chi connectivity index (χ0n) is 11.7. The van der Waals surface area contributed by atoms with Gasteiger partial charge in [0.2, 0.25) is 0 Å². The van der Waals surface area contributed by atoms with Gasteiger partial charge in [-0.25, -0.2) is 4.79 Å². The molecule has 2 atom stereocenters. The highest BCUT2D eigenvalue weighted by molar-refractivity contribution is 5.77. The first-order valence-corrected chi connectivity index (χ1v) is 6.94. The third-order valence-electron chi connectivity index (χ3n) is 4.19. The molecule has 2 fully saturated rings. The van der Waals surface area contributed by atoms with Gasteiger partial charge in [-0.1, -0.05) is 6.92 Å². The summed E-state index contributed by atoms with van der Waals surface area (Å²) < 4.78 is 0. The predicted octanol–water partition coefficient (Wildman–Crippen LogP) is 0.396. The van der Waals surface area contributed by atoms with Crippen molar-refractivity contribution < 1.29 is 14.7 Å². The van der Waals surface area contributed by atoms with Crippen LogP contribution >= 0.6 is 0 Å². The molecule has 2 rings (SSSR count). The van der Waals surface area contributed by atoms with Crippen LogP contribution in [0.5, 0.6) is 0 Å². The number of amides is 2. The van der Waals surface area contributed by atoms with Crippen LogP contribution in [0.4, 0.5) is 4.79 Å². The molecule has 0 aromatic heterocycles. The highest BCUT2D eigenvalue weighted by Gasteiger charge is 2.38. The summed E-state index contributed by atoms with van der Waals surface area (Å²) in [5.74, 6) is -1.17. The number of carboxylic acid groups (broad SMARTS) is 1. The van der Waals surface area contributed by atoms with Gasteiger partial charge in [-0.3, -0.25) is 4.79 Å². The van der Waals surface area contributed by atoms with Gasteiger partial charge in [-0.15, -0.1) is 0 Å². The van der Waals surface area contributed by atoms with Gasteiger partial charge in [0.25, 0.3) is 0 Å². The monoisotopic (exact) mass is 269 g/mol. The summed E-state index contributed by atoms with van der Waals surface area (Å²) in [7, 11) is 2.06. The molecule has 0 bridgehead atoms. The van der Waals surface area contributed by atoms with E-state index in [1.807, 2.05) is 11.8 Å². The highest BCUT2D eigenvalue weighted by Crippen LogP contribution is 2.24. The Balaban J connectivity index is 1.95. The number of likely N-dealkylation sites (N-methyl/N-ethyl adjacent to an activating group) is 1. The number of aliphatic carboxylic acids is 1. The lowest BCUT2D eigenvalue weighted by atomic mass is 9.99. The van der Waals surface area contributed by atoms with Crippen molar-refractivity contribution in [2.45, 2.75) is 13.3 Å². The molecule has 108 valence electrons. The minimum atomic E-state index is -0.793. The lowest BCUT2D eigenvalue weighted by Gasteiger charge is -2.26. The minimum Gasteiger partial charge on any atom is -0.481 e. The number of carbonyl (C=O) groups excluding carboxylic acids is 1. The molecule has 0 radical (unpaired) electrons. The Kier molecular flexibility index (Phi) is 4.29. The summed E-state index contributed by atoms with van der Waals surface area (Å²) in [6.07, 6.45) is 0.980. The van der Waals surface area contributed by atoms with Crippen LogP contribution in [0.1, 0.15) is 13.3 Å². The van der Waals surface area contributed by atoms with Gasteiger partial charge >= 0.3 is 12.0 Å². The summed E-state index contributed by atoms with van der Waals surface area (Å²) in [5.41, 5.74) is 0. The van der Waals surface area contributed by atoms with Crippen LogP contribution in [-0.2, 0) is 4.79 Å². The number of urea groups is 1. The zero-order valence-corrected chi connectivity index (χ0v) is 11.7. The van der Waals surface area contributed by atoms with Gasteiger partial charge in [0.1, 0.15) is 0 Å². The lowest BCUT2D eigenvalue weighted by molar-refractivity contribution is -0.142. The smallest absolute Gasteiger partial charge is 0.320 e. The Hall–Kier alpha value is -1.30. The molecule has 1 N–H and O–H groups in total. The number of likely N-dealkylation sites (tertiary alicyclic amines) is 1. The summed E-state index contributed by atoms with van der Waals surface area (Å²) in [6, 6.07) is 0.00546. The molecule has 2 heterocycles. The van der Waals surface area contributed by atoms with Crippen LogP contribution in [0.25, 0.3) is 0 Å². The maximum absolute atomic E-state index is 12.4. The van der Waals surface area contributed by atoms with Gasteiger partial charge in [-0.2, -0.15) is 0 Å². The van der Waals surface area contributed by atoms with Crippen LogP contribution in [0.3, 0.4) is 0 Å². The molecular weight excluding hydrogens is 246 g/mol. The predicted molar refractivity (Wildman–Crippen MR) is 70.9 cm³/mol. The highest BCUT2D eigenvalue weighted by atomic mass is 16.4. The molecule has 0 aliphatic carbocycles. The number of hydrogen-bond donors (Lipinski definition) is 1. The van der Waals surface area contributed by atoms with Gasteiger partial charge in [0.15, 0.2) is 0 Å². The second-order valence-corrected chi connectivity index (χ2v) is 5.75. The van der Waals surface area contributed by atoms with Crippen LogP contribution in [-0.4, -0.2) is 78.1 Å². The molecule has 2 aliphatic rings. The van der Waals surface area contributed by atoms with Crippen LogP contribution in [0, 0.1) is 11.8 Å². The van der Waals surface area contributed by atoms with E-state index in [-0.39, 0.29) is 11.9 Å². The molecule has 0 aromatic rings. The first-order chi connectivity index (χ1) is 8.99. The SMILES string of the molecule is C[C@@H]1CN(C(=O)N2CCCN(C)CC2)C[C@H]1C(=O)O. The molecule has 0 unspecified atom stereocenters. The number of nitrogens with zero attached hydrogens (tertiary/aromatic N) is 3. The van der Waals surface area contributed by atoms with E-state index in [0.29, 0.717) is 13.1 Å². The average molecular weight is 269 g/mol. The topological polar surface area (TPSA) is 64.1 Å². The molecule has 2 aliphatic heterocycles. The molecular formula is C13H23N3O3. The zero-order chi connectivity index (χ0) is 14.0. The number of carbonyl (C=O) groups is 2. The quantitative estimate of drug-likeness (QED) is 0.748. The largest absolute Gasteiger partial charge is 0.481 e. The van der Waals surface area contributed by atoms with E-state index < -0.39 is 11.9 Å². The fraction of sp³-hybridized carbons (Fsp3) is 0.846. The third kappa shape index (κ3) is 3.18. The minimum absolute atomic E-state index is 0.00546. The van der Waals surface area contributed by atoms with E-state index in [9.17, 15) is 9.59 Å². The van der Waals surface area contributed by atoms with Gasteiger partial charge in [0.05, 0.1) is 5.92 Å². The molecule has 6 heteroatoms. The van der Waals surface area contributed by atoms with E-state index in [2.05, 4.69) is 11.9 Å². The van der Waals surface area contributed by atoms with Gasteiger partial charge < -0.3 is 19.8 Å². The van der Waals surface area contributed by atoms with Gasteiger partial charge in [-0.05, 0) is 25.9 Å². The van der Waals surface area contributed by atoms with Crippen LogP contribution in [0.15, 0.2) is 0 Å². The van der Waals surface area contributed by atoms with E-state index in [4.69, 9.17) is 5.11 Å². The molecule has 0 spiro atoms. The Morgan fingerprint density at radius 3 is 2.42 bits per heavy atom. The summed E-state index contributed by atoms with van der Waals surface area (Å²) in [4.78, 5) is 29.3. The Morgan fingerprint density at radius 2 is 1.79 bits per heavy atom. The second kappa shape index (κ2) is 5.77. The van der Waals surface area contributed by atoms with E-state index in [1.165, 1.54) is 0 Å². The molecule has 2 amide bonds. The first-order valence-electron chi connectivity index (χ1n) is 6.94. The Bertz CT molecular complexity index is 361.